The zero-order valence-electron chi connectivity index (χ0n) is 15.9. The molecule has 26 heavy (non-hydrogen) atoms. The molecular formula is C21H25BrN2O2. The van der Waals surface area contributed by atoms with Crippen LogP contribution in [0.25, 0.3) is 0 Å². The fourth-order valence-corrected chi connectivity index (χ4v) is 2.90. The summed E-state index contributed by atoms with van der Waals surface area (Å²) in [4.78, 5) is 11.9. The minimum Gasteiger partial charge on any atom is -0.483 e. The highest BCUT2D eigenvalue weighted by atomic mass is 79.9. The second-order valence-electron chi connectivity index (χ2n) is 7.34. The van der Waals surface area contributed by atoms with Gasteiger partial charge in [-0.05, 0) is 64.0 Å². The van der Waals surface area contributed by atoms with Crippen LogP contribution in [0.4, 0.5) is 0 Å². The third-order valence-electron chi connectivity index (χ3n) is 3.97. The fraction of sp³-hybridized carbons (Fsp3) is 0.333. The second kappa shape index (κ2) is 8.49. The number of hydrogen-bond acceptors (Lipinski definition) is 3. The van der Waals surface area contributed by atoms with Crippen LogP contribution in [0.1, 0.15) is 43.0 Å². The lowest BCUT2D eigenvalue weighted by Gasteiger charge is -2.20. The van der Waals surface area contributed by atoms with E-state index in [1.807, 2.05) is 44.2 Å². The summed E-state index contributed by atoms with van der Waals surface area (Å²) in [7, 11) is 0. The third-order valence-corrected chi connectivity index (χ3v) is 4.59. The maximum absolute atomic E-state index is 11.9. The van der Waals surface area contributed by atoms with E-state index < -0.39 is 0 Å². The summed E-state index contributed by atoms with van der Waals surface area (Å²) < 4.78 is 6.41. The molecule has 2 aromatic rings. The van der Waals surface area contributed by atoms with E-state index in [9.17, 15) is 4.79 Å². The number of nitrogens with zero attached hydrogens (tertiary/aromatic N) is 1. The van der Waals surface area contributed by atoms with Gasteiger partial charge in [-0.15, -0.1) is 0 Å². The first kappa shape index (κ1) is 20.2. The number of hydrogen-bond donors (Lipinski definition) is 1. The molecule has 0 saturated heterocycles. The van der Waals surface area contributed by atoms with Crippen LogP contribution in [0.3, 0.4) is 0 Å². The van der Waals surface area contributed by atoms with Gasteiger partial charge in [-0.1, -0.05) is 50.6 Å². The normalized spacial score (nSPS) is 11.6. The monoisotopic (exact) mass is 416 g/mol. The molecule has 0 atom stereocenters. The number of rotatable bonds is 5. The molecule has 0 bridgehead atoms. The number of halogens is 1. The van der Waals surface area contributed by atoms with Crippen LogP contribution in [0.2, 0.25) is 0 Å². The minimum atomic E-state index is -0.308. The van der Waals surface area contributed by atoms with E-state index in [4.69, 9.17) is 4.74 Å². The molecule has 138 valence electrons. The van der Waals surface area contributed by atoms with Gasteiger partial charge < -0.3 is 4.74 Å². The molecule has 0 heterocycles. The Bertz CT molecular complexity index is 823. The molecule has 2 rings (SSSR count). The van der Waals surface area contributed by atoms with E-state index in [2.05, 4.69) is 53.3 Å². The molecule has 0 unspecified atom stereocenters. The first-order valence-electron chi connectivity index (χ1n) is 8.49. The molecule has 5 heteroatoms. The van der Waals surface area contributed by atoms with Crippen molar-refractivity contribution in [1.82, 2.24) is 5.43 Å². The number of nitrogens with one attached hydrogen (secondary N) is 1. The van der Waals surface area contributed by atoms with Gasteiger partial charge in [-0.3, -0.25) is 4.79 Å². The molecule has 0 saturated carbocycles. The van der Waals surface area contributed by atoms with Crippen LogP contribution in [-0.4, -0.2) is 18.7 Å². The van der Waals surface area contributed by atoms with Crippen molar-refractivity contribution in [2.75, 3.05) is 6.61 Å². The van der Waals surface area contributed by atoms with E-state index in [0.717, 1.165) is 15.6 Å². The van der Waals surface area contributed by atoms with Crippen molar-refractivity contribution in [1.29, 1.82) is 0 Å². The third kappa shape index (κ3) is 5.70. The molecule has 0 aromatic heterocycles. The van der Waals surface area contributed by atoms with Crippen LogP contribution in [0.15, 0.2) is 46.0 Å². The summed E-state index contributed by atoms with van der Waals surface area (Å²) in [6, 6.07) is 12.0. The van der Waals surface area contributed by atoms with E-state index in [1.54, 1.807) is 6.21 Å². The van der Waals surface area contributed by atoms with E-state index in [1.165, 1.54) is 11.1 Å². The lowest BCUT2D eigenvalue weighted by molar-refractivity contribution is -0.123. The first-order chi connectivity index (χ1) is 12.2. The Kier molecular flexibility index (Phi) is 6.59. The lowest BCUT2D eigenvalue weighted by atomic mass is 9.87. The van der Waals surface area contributed by atoms with Crippen molar-refractivity contribution < 1.29 is 9.53 Å². The highest BCUT2D eigenvalue weighted by molar-refractivity contribution is 9.10. The van der Waals surface area contributed by atoms with Crippen LogP contribution in [-0.2, 0) is 10.2 Å². The SMILES string of the molecule is Cc1ccc(C=NNC(=O)COc2ccc(C(C)(C)C)cc2Br)c(C)c1. The number of ether oxygens (including phenoxy) is 1. The smallest absolute Gasteiger partial charge is 0.277 e. The van der Waals surface area contributed by atoms with Gasteiger partial charge >= 0.3 is 0 Å². The molecule has 0 radical (unpaired) electrons. The lowest BCUT2D eigenvalue weighted by Crippen LogP contribution is -2.24. The van der Waals surface area contributed by atoms with Crippen molar-refractivity contribution in [2.24, 2.45) is 5.10 Å². The number of benzene rings is 2. The summed E-state index contributed by atoms with van der Waals surface area (Å²) in [5, 5.41) is 4.00. The first-order valence-corrected chi connectivity index (χ1v) is 9.28. The molecule has 0 aliphatic rings. The van der Waals surface area contributed by atoms with E-state index >= 15 is 0 Å². The van der Waals surface area contributed by atoms with Crippen molar-refractivity contribution in [3.05, 3.63) is 63.1 Å². The predicted octanol–water partition coefficient (Wildman–Crippen LogP) is 4.89. The van der Waals surface area contributed by atoms with Crippen LogP contribution in [0.5, 0.6) is 5.75 Å². The van der Waals surface area contributed by atoms with Gasteiger partial charge in [0.25, 0.3) is 5.91 Å². The molecule has 0 aliphatic carbocycles. The van der Waals surface area contributed by atoms with Gasteiger partial charge in [0.1, 0.15) is 5.75 Å². The van der Waals surface area contributed by atoms with Crippen molar-refractivity contribution in [3.63, 3.8) is 0 Å². The summed E-state index contributed by atoms with van der Waals surface area (Å²) >= 11 is 3.50. The Hall–Kier alpha value is -2.14. The van der Waals surface area contributed by atoms with Gasteiger partial charge in [0, 0.05) is 0 Å². The Morgan fingerprint density at radius 3 is 2.54 bits per heavy atom. The molecule has 0 spiro atoms. The zero-order chi connectivity index (χ0) is 19.3. The van der Waals surface area contributed by atoms with Crippen LogP contribution >= 0.6 is 15.9 Å². The maximum atomic E-state index is 11.9. The van der Waals surface area contributed by atoms with Crippen molar-refractivity contribution in [3.8, 4) is 5.75 Å². The average Bonchev–Trinajstić information content (AvgIpc) is 2.55. The van der Waals surface area contributed by atoms with E-state index in [0.29, 0.717) is 5.75 Å². The molecule has 1 N–H and O–H groups in total. The molecule has 0 aliphatic heterocycles. The Balaban J connectivity index is 1.90. The summed E-state index contributed by atoms with van der Waals surface area (Å²) in [5.41, 5.74) is 7.02. The fourth-order valence-electron chi connectivity index (χ4n) is 2.40. The number of carbonyl (C=O) groups is 1. The quantitative estimate of drug-likeness (QED) is 0.556. The summed E-state index contributed by atoms with van der Waals surface area (Å²) in [6.45, 7) is 10.4. The van der Waals surface area contributed by atoms with Gasteiger partial charge in [-0.2, -0.15) is 5.10 Å². The summed E-state index contributed by atoms with van der Waals surface area (Å²) in [5.74, 6) is 0.323. The molecule has 2 aromatic carbocycles. The van der Waals surface area contributed by atoms with Gasteiger partial charge in [0.15, 0.2) is 6.61 Å². The number of carbonyl (C=O) groups excluding carboxylic acids is 1. The van der Waals surface area contributed by atoms with Crippen LogP contribution < -0.4 is 10.2 Å². The largest absolute Gasteiger partial charge is 0.483 e. The maximum Gasteiger partial charge on any atom is 0.277 e. The number of aryl methyl sites for hydroxylation is 2. The van der Waals surface area contributed by atoms with Gasteiger partial charge in [0.05, 0.1) is 10.7 Å². The minimum absolute atomic E-state index is 0.0568. The Labute approximate surface area is 163 Å². The second-order valence-corrected chi connectivity index (χ2v) is 8.19. The molecular weight excluding hydrogens is 392 g/mol. The molecule has 4 nitrogen and oxygen atoms in total. The summed E-state index contributed by atoms with van der Waals surface area (Å²) in [6.07, 6.45) is 1.64. The predicted molar refractivity (Wildman–Crippen MR) is 110 cm³/mol. The highest BCUT2D eigenvalue weighted by Crippen LogP contribution is 2.31. The number of amides is 1. The average molecular weight is 417 g/mol. The zero-order valence-corrected chi connectivity index (χ0v) is 17.5. The van der Waals surface area contributed by atoms with Gasteiger partial charge in [-0.25, -0.2) is 5.43 Å². The molecule has 1 amide bonds. The number of hydrazone groups is 1. The standard InChI is InChI=1S/C21H25BrN2O2/c1-14-6-7-16(15(2)10-14)12-23-24-20(25)13-26-19-9-8-17(11-18(19)22)21(3,4)5/h6-12H,13H2,1-5H3,(H,24,25). The highest BCUT2D eigenvalue weighted by Gasteiger charge is 2.15. The Morgan fingerprint density at radius 2 is 1.92 bits per heavy atom. The Morgan fingerprint density at radius 1 is 1.19 bits per heavy atom. The van der Waals surface area contributed by atoms with Gasteiger partial charge in [0.2, 0.25) is 0 Å². The van der Waals surface area contributed by atoms with Crippen molar-refractivity contribution in [2.45, 2.75) is 40.0 Å². The van der Waals surface area contributed by atoms with Crippen LogP contribution in [0, 0.1) is 13.8 Å². The van der Waals surface area contributed by atoms with E-state index in [-0.39, 0.29) is 17.9 Å². The van der Waals surface area contributed by atoms with Crippen molar-refractivity contribution >= 4 is 28.1 Å². The molecule has 0 fully saturated rings. The topological polar surface area (TPSA) is 50.7 Å².